The molecule has 2 saturated carbocycles. The lowest BCUT2D eigenvalue weighted by atomic mass is 9.95. The van der Waals surface area contributed by atoms with Gasteiger partial charge < -0.3 is 5.32 Å². The highest BCUT2D eigenvalue weighted by molar-refractivity contribution is 5.28. The molecule has 2 aromatic rings. The van der Waals surface area contributed by atoms with E-state index in [4.69, 9.17) is 0 Å². The van der Waals surface area contributed by atoms with Crippen LogP contribution >= 0.6 is 0 Å². The standard InChI is InChI=1S/C16H20N4/c1-2-4-15(5-3-1)20-18-11-14(19-20)10-17-16-9-12-6-7-13(16)8-12/h1-5,11-13,16-17H,6-10H2. The van der Waals surface area contributed by atoms with Crippen molar-refractivity contribution >= 4 is 0 Å². The van der Waals surface area contributed by atoms with Crippen molar-refractivity contribution in [3.63, 3.8) is 0 Å². The SMILES string of the molecule is c1ccc(-n2ncc(CNC3CC4CCC3C4)n2)cc1. The molecule has 1 N–H and O–H groups in total. The van der Waals surface area contributed by atoms with Gasteiger partial charge in [-0.1, -0.05) is 24.6 Å². The monoisotopic (exact) mass is 268 g/mol. The highest BCUT2D eigenvalue weighted by Crippen LogP contribution is 2.44. The number of rotatable bonds is 4. The number of benzene rings is 1. The highest BCUT2D eigenvalue weighted by atomic mass is 15.5. The van der Waals surface area contributed by atoms with Gasteiger partial charge in [0.15, 0.2) is 0 Å². The Morgan fingerprint density at radius 3 is 2.80 bits per heavy atom. The molecule has 4 rings (SSSR count). The van der Waals surface area contributed by atoms with Crippen LogP contribution in [0.15, 0.2) is 36.5 Å². The van der Waals surface area contributed by atoms with Crippen LogP contribution in [0, 0.1) is 11.8 Å². The Balaban J connectivity index is 1.39. The molecule has 2 bridgehead atoms. The number of aromatic nitrogens is 3. The fourth-order valence-electron chi connectivity index (χ4n) is 3.79. The average Bonchev–Trinajstić information content (AvgIpc) is 3.22. The van der Waals surface area contributed by atoms with Crippen molar-refractivity contribution in [2.24, 2.45) is 11.8 Å². The van der Waals surface area contributed by atoms with E-state index in [1.54, 1.807) is 4.80 Å². The van der Waals surface area contributed by atoms with E-state index in [2.05, 4.69) is 15.5 Å². The lowest BCUT2D eigenvalue weighted by Gasteiger charge is -2.22. The lowest BCUT2D eigenvalue weighted by Crippen LogP contribution is -2.33. The van der Waals surface area contributed by atoms with Crippen LogP contribution in [-0.2, 0) is 6.54 Å². The molecular formula is C16H20N4. The van der Waals surface area contributed by atoms with Gasteiger partial charge in [-0.05, 0) is 43.2 Å². The maximum absolute atomic E-state index is 4.55. The molecule has 0 amide bonds. The number of nitrogens with one attached hydrogen (secondary N) is 1. The van der Waals surface area contributed by atoms with Gasteiger partial charge in [0.05, 0.1) is 17.6 Å². The molecular weight excluding hydrogens is 248 g/mol. The first kappa shape index (κ1) is 12.1. The van der Waals surface area contributed by atoms with Crippen LogP contribution in [0.1, 0.15) is 31.4 Å². The van der Waals surface area contributed by atoms with Gasteiger partial charge >= 0.3 is 0 Å². The quantitative estimate of drug-likeness (QED) is 0.926. The average molecular weight is 268 g/mol. The van der Waals surface area contributed by atoms with Gasteiger partial charge in [0, 0.05) is 12.6 Å². The van der Waals surface area contributed by atoms with E-state index >= 15 is 0 Å². The molecule has 20 heavy (non-hydrogen) atoms. The molecule has 1 aromatic heterocycles. The van der Waals surface area contributed by atoms with Crippen molar-refractivity contribution in [1.29, 1.82) is 0 Å². The predicted molar refractivity (Wildman–Crippen MR) is 77.4 cm³/mol. The van der Waals surface area contributed by atoms with Crippen molar-refractivity contribution in [2.75, 3.05) is 0 Å². The van der Waals surface area contributed by atoms with Crippen LogP contribution in [0.5, 0.6) is 0 Å². The van der Waals surface area contributed by atoms with Gasteiger partial charge in [0.2, 0.25) is 0 Å². The molecule has 1 heterocycles. The summed E-state index contributed by atoms with van der Waals surface area (Å²) in [7, 11) is 0. The second-order valence-corrected chi connectivity index (χ2v) is 6.12. The van der Waals surface area contributed by atoms with Crippen LogP contribution in [0.4, 0.5) is 0 Å². The Bertz CT molecular complexity index is 577. The highest BCUT2D eigenvalue weighted by Gasteiger charge is 2.39. The molecule has 2 aliphatic carbocycles. The summed E-state index contributed by atoms with van der Waals surface area (Å²) in [5.41, 5.74) is 2.04. The molecule has 104 valence electrons. The Morgan fingerprint density at radius 1 is 1.15 bits per heavy atom. The zero-order chi connectivity index (χ0) is 13.4. The molecule has 4 nitrogen and oxygen atoms in total. The molecule has 2 aliphatic rings. The Labute approximate surface area is 119 Å². The molecule has 0 saturated heterocycles. The van der Waals surface area contributed by atoms with Gasteiger partial charge in [-0.15, -0.1) is 0 Å². The molecule has 0 aliphatic heterocycles. The van der Waals surface area contributed by atoms with Crippen molar-refractivity contribution in [2.45, 2.75) is 38.3 Å². The minimum atomic E-state index is 0.704. The van der Waals surface area contributed by atoms with E-state index in [0.29, 0.717) is 6.04 Å². The normalized spacial score (nSPS) is 28.1. The summed E-state index contributed by atoms with van der Waals surface area (Å²) in [5, 5.41) is 12.6. The summed E-state index contributed by atoms with van der Waals surface area (Å²) in [6.45, 7) is 0.834. The van der Waals surface area contributed by atoms with Crippen LogP contribution in [0.2, 0.25) is 0 Å². The molecule has 4 heteroatoms. The van der Waals surface area contributed by atoms with Gasteiger partial charge in [0.1, 0.15) is 0 Å². The van der Waals surface area contributed by atoms with E-state index in [1.165, 1.54) is 25.7 Å². The van der Waals surface area contributed by atoms with Crippen LogP contribution < -0.4 is 5.32 Å². The van der Waals surface area contributed by atoms with Crippen molar-refractivity contribution < 1.29 is 0 Å². The van der Waals surface area contributed by atoms with Crippen LogP contribution in [0.25, 0.3) is 5.69 Å². The fourth-order valence-corrected chi connectivity index (χ4v) is 3.79. The first-order chi connectivity index (χ1) is 9.88. The van der Waals surface area contributed by atoms with E-state index in [1.807, 2.05) is 36.5 Å². The van der Waals surface area contributed by atoms with Gasteiger partial charge in [-0.25, -0.2) is 0 Å². The topological polar surface area (TPSA) is 42.7 Å². The molecule has 0 radical (unpaired) electrons. The summed E-state index contributed by atoms with van der Waals surface area (Å²) in [6.07, 6.45) is 7.53. The number of para-hydroxylation sites is 1. The third-order valence-corrected chi connectivity index (χ3v) is 4.81. The number of hydrogen-bond acceptors (Lipinski definition) is 3. The van der Waals surface area contributed by atoms with Gasteiger partial charge in [-0.2, -0.15) is 15.0 Å². The third kappa shape index (κ3) is 2.24. The molecule has 3 atom stereocenters. The van der Waals surface area contributed by atoms with E-state index in [9.17, 15) is 0 Å². The smallest absolute Gasteiger partial charge is 0.0969 e. The zero-order valence-electron chi connectivity index (χ0n) is 11.6. The Kier molecular flexibility index (Phi) is 3.03. The Morgan fingerprint density at radius 2 is 2.05 bits per heavy atom. The zero-order valence-corrected chi connectivity index (χ0v) is 11.6. The van der Waals surface area contributed by atoms with E-state index in [0.717, 1.165) is 29.8 Å². The second kappa shape index (κ2) is 5.02. The van der Waals surface area contributed by atoms with Crippen molar-refractivity contribution in [3.05, 3.63) is 42.2 Å². The number of nitrogens with zero attached hydrogens (tertiary/aromatic N) is 3. The van der Waals surface area contributed by atoms with Crippen LogP contribution in [0.3, 0.4) is 0 Å². The minimum Gasteiger partial charge on any atom is -0.308 e. The summed E-state index contributed by atoms with van der Waals surface area (Å²) in [4.78, 5) is 1.71. The first-order valence-electron chi connectivity index (χ1n) is 7.58. The summed E-state index contributed by atoms with van der Waals surface area (Å²) < 4.78 is 0. The van der Waals surface area contributed by atoms with Gasteiger partial charge in [0.25, 0.3) is 0 Å². The van der Waals surface area contributed by atoms with Crippen molar-refractivity contribution in [3.8, 4) is 5.69 Å². The fraction of sp³-hybridized carbons (Fsp3) is 0.500. The molecule has 1 aromatic carbocycles. The Hall–Kier alpha value is -1.68. The van der Waals surface area contributed by atoms with Crippen molar-refractivity contribution in [1.82, 2.24) is 20.3 Å². The predicted octanol–water partition coefficient (Wildman–Crippen LogP) is 2.55. The minimum absolute atomic E-state index is 0.704. The summed E-state index contributed by atoms with van der Waals surface area (Å²) in [5.74, 6) is 1.89. The summed E-state index contributed by atoms with van der Waals surface area (Å²) >= 11 is 0. The number of hydrogen-bond donors (Lipinski definition) is 1. The number of fused-ring (bicyclic) bond motifs is 2. The van der Waals surface area contributed by atoms with Gasteiger partial charge in [-0.3, -0.25) is 0 Å². The maximum atomic E-state index is 4.55. The van der Waals surface area contributed by atoms with Crippen LogP contribution in [-0.4, -0.2) is 21.0 Å². The second-order valence-electron chi connectivity index (χ2n) is 6.12. The van der Waals surface area contributed by atoms with E-state index < -0.39 is 0 Å². The maximum Gasteiger partial charge on any atom is 0.0969 e. The largest absolute Gasteiger partial charge is 0.308 e. The molecule has 2 fully saturated rings. The first-order valence-corrected chi connectivity index (χ1v) is 7.58. The molecule has 3 unspecified atom stereocenters. The molecule has 0 spiro atoms. The van der Waals surface area contributed by atoms with E-state index in [-0.39, 0.29) is 0 Å². The summed E-state index contributed by atoms with van der Waals surface area (Å²) in [6, 6.07) is 10.8. The lowest BCUT2D eigenvalue weighted by molar-refractivity contribution is 0.349. The third-order valence-electron chi connectivity index (χ3n) is 4.81.